The number of phenols is 1. The van der Waals surface area contributed by atoms with Crippen LogP contribution < -0.4 is 9.47 Å². The highest BCUT2D eigenvalue weighted by molar-refractivity contribution is 6.00. The predicted octanol–water partition coefficient (Wildman–Crippen LogP) is 4.47. The van der Waals surface area contributed by atoms with Gasteiger partial charge in [-0.2, -0.15) is 5.10 Å². The minimum absolute atomic E-state index is 0.111. The Labute approximate surface area is 199 Å². The van der Waals surface area contributed by atoms with Gasteiger partial charge in [0.05, 0.1) is 25.9 Å². The number of aromatic hydroxyl groups is 1. The SMILES string of the molecule is CCCOc1ccc([C@H]2c3c(-c4cc(C)ccc4O)n[nH]c3C(=O)N2CCOC)cc1OCC. The van der Waals surface area contributed by atoms with Gasteiger partial charge in [-0.15, -0.1) is 0 Å². The predicted molar refractivity (Wildman–Crippen MR) is 129 cm³/mol. The summed E-state index contributed by atoms with van der Waals surface area (Å²) in [6.45, 7) is 7.79. The summed E-state index contributed by atoms with van der Waals surface area (Å²) >= 11 is 0. The lowest BCUT2D eigenvalue weighted by molar-refractivity contribution is 0.0677. The maximum absolute atomic E-state index is 13.4. The van der Waals surface area contributed by atoms with Gasteiger partial charge < -0.3 is 24.2 Å². The molecule has 1 aliphatic heterocycles. The van der Waals surface area contributed by atoms with E-state index in [2.05, 4.69) is 17.1 Å². The topological polar surface area (TPSA) is 96.9 Å². The molecule has 0 unspecified atom stereocenters. The highest BCUT2D eigenvalue weighted by Gasteiger charge is 2.42. The Balaban J connectivity index is 1.86. The van der Waals surface area contributed by atoms with Crippen molar-refractivity contribution in [3.8, 4) is 28.5 Å². The number of nitrogens with one attached hydrogen (secondary N) is 1. The summed E-state index contributed by atoms with van der Waals surface area (Å²) in [5.41, 5.74) is 4.13. The molecule has 1 aliphatic rings. The van der Waals surface area contributed by atoms with E-state index in [1.54, 1.807) is 18.1 Å². The molecule has 2 N–H and O–H groups in total. The Morgan fingerprint density at radius 3 is 2.65 bits per heavy atom. The summed E-state index contributed by atoms with van der Waals surface area (Å²) in [5, 5.41) is 18.0. The van der Waals surface area contributed by atoms with E-state index in [0.717, 1.165) is 23.1 Å². The smallest absolute Gasteiger partial charge is 0.273 e. The monoisotopic (exact) mass is 465 g/mol. The van der Waals surface area contributed by atoms with Gasteiger partial charge in [0.25, 0.3) is 5.91 Å². The van der Waals surface area contributed by atoms with Crippen LogP contribution in [0, 0.1) is 6.92 Å². The molecule has 0 saturated carbocycles. The first kappa shape index (κ1) is 23.6. The second-order valence-corrected chi connectivity index (χ2v) is 8.26. The number of benzene rings is 2. The molecule has 34 heavy (non-hydrogen) atoms. The van der Waals surface area contributed by atoms with Crippen molar-refractivity contribution in [1.82, 2.24) is 15.1 Å². The summed E-state index contributed by atoms with van der Waals surface area (Å²) < 4.78 is 17.0. The van der Waals surface area contributed by atoms with Gasteiger partial charge >= 0.3 is 0 Å². The number of carbonyl (C=O) groups excluding carboxylic acids is 1. The first-order valence-corrected chi connectivity index (χ1v) is 11.6. The molecule has 4 rings (SSSR count). The Kier molecular flexibility index (Phi) is 7.07. The molecule has 1 aromatic heterocycles. The van der Waals surface area contributed by atoms with Gasteiger partial charge in [-0.05, 0) is 50.1 Å². The number of hydrogen-bond donors (Lipinski definition) is 2. The van der Waals surface area contributed by atoms with Gasteiger partial charge in [0.15, 0.2) is 11.5 Å². The fraction of sp³-hybridized carbons (Fsp3) is 0.385. The van der Waals surface area contributed by atoms with Crippen molar-refractivity contribution in [2.45, 2.75) is 33.2 Å². The van der Waals surface area contributed by atoms with Gasteiger partial charge in [0.2, 0.25) is 0 Å². The summed E-state index contributed by atoms with van der Waals surface area (Å²) in [5.74, 6) is 1.25. The van der Waals surface area contributed by atoms with Crippen LogP contribution in [0.5, 0.6) is 17.2 Å². The lowest BCUT2D eigenvalue weighted by Gasteiger charge is -2.27. The zero-order valence-corrected chi connectivity index (χ0v) is 20.1. The minimum Gasteiger partial charge on any atom is -0.507 e. The first-order valence-electron chi connectivity index (χ1n) is 11.6. The van der Waals surface area contributed by atoms with Gasteiger partial charge in [-0.3, -0.25) is 9.89 Å². The molecule has 2 aromatic carbocycles. The van der Waals surface area contributed by atoms with Crippen molar-refractivity contribution < 1.29 is 24.1 Å². The van der Waals surface area contributed by atoms with Crippen molar-refractivity contribution >= 4 is 5.91 Å². The maximum Gasteiger partial charge on any atom is 0.273 e. The largest absolute Gasteiger partial charge is 0.507 e. The van der Waals surface area contributed by atoms with E-state index in [9.17, 15) is 9.90 Å². The molecule has 0 fully saturated rings. The Morgan fingerprint density at radius 2 is 1.91 bits per heavy atom. The van der Waals surface area contributed by atoms with E-state index in [1.807, 2.05) is 44.2 Å². The van der Waals surface area contributed by atoms with Crippen molar-refractivity contribution in [2.75, 3.05) is 33.5 Å². The number of aromatic amines is 1. The van der Waals surface area contributed by atoms with Crippen LogP contribution in [-0.4, -0.2) is 59.6 Å². The molecule has 0 radical (unpaired) electrons. The third-order valence-electron chi connectivity index (χ3n) is 5.85. The van der Waals surface area contributed by atoms with Crippen molar-refractivity contribution in [2.24, 2.45) is 0 Å². The molecule has 0 bridgehead atoms. The zero-order valence-electron chi connectivity index (χ0n) is 20.1. The summed E-state index contributed by atoms with van der Waals surface area (Å²) in [6.07, 6.45) is 0.886. The third-order valence-corrected chi connectivity index (χ3v) is 5.85. The van der Waals surface area contributed by atoms with E-state index in [4.69, 9.17) is 14.2 Å². The molecular formula is C26H31N3O5. The number of aromatic nitrogens is 2. The van der Waals surface area contributed by atoms with E-state index < -0.39 is 6.04 Å². The molecule has 0 aliphatic carbocycles. The van der Waals surface area contributed by atoms with Crippen LogP contribution in [0.1, 0.15) is 53.5 Å². The standard InChI is InChI=1S/C26H31N3O5/c1-5-12-34-20-10-8-17(15-21(20)33-6-2)25-22-23(18-14-16(3)7-9-19(18)30)27-28-24(22)26(31)29(25)11-13-32-4/h7-10,14-15,25,30H,5-6,11-13H2,1-4H3,(H,27,28)/t25-/m0/s1. The Hall–Kier alpha value is -3.52. The highest BCUT2D eigenvalue weighted by atomic mass is 16.5. The van der Waals surface area contributed by atoms with Gasteiger partial charge in [-0.25, -0.2) is 0 Å². The Bertz CT molecular complexity index is 1170. The van der Waals surface area contributed by atoms with Gasteiger partial charge in [0.1, 0.15) is 17.1 Å². The molecule has 0 spiro atoms. The molecule has 2 heterocycles. The summed E-state index contributed by atoms with van der Waals surface area (Å²) in [4.78, 5) is 15.1. The summed E-state index contributed by atoms with van der Waals surface area (Å²) in [7, 11) is 1.61. The van der Waals surface area contributed by atoms with Crippen LogP contribution >= 0.6 is 0 Å². The molecule has 180 valence electrons. The molecule has 8 heteroatoms. The van der Waals surface area contributed by atoms with Crippen LogP contribution in [0.3, 0.4) is 0 Å². The normalized spacial score (nSPS) is 15.0. The number of hydrogen-bond acceptors (Lipinski definition) is 6. The second kappa shape index (κ2) is 10.2. The quantitative estimate of drug-likeness (QED) is 0.459. The van der Waals surface area contributed by atoms with Crippen LogP contribution in [0.4, 0.5) is 0 Å². The minimum atomic E-state index is -0.425. The fourth-order valence-electron chi connectivity index (χ4n) is 4.30. The number of aryl methyl sites for hydroxylation is 1. The van der Waals surface area contributed by atoms with Crippen LogP contribution in [-0.2, 0) is 4.74 Å². The molecule has 1 amide bonds. The maximum atomic E-state index is 13.4. The molecular weight excluding hydrogens is 434 g/mol. The van der Waals surface area contributed by atoms with E-state index in [-0.39, 0.29) is 11.7 Å². The molecule has 0 saturated heterocycles. The van der Waals surface area contributed by atoms with Crippen molar-refractivity contribution in [3.05, 3.63) is 58.8 Å². The molecule has 3 aromatic rings. The van der Waals surface area contributed by atoms with Crippen molar-refractivity contribution in [1.29, 1.82) is 0 Å². The third kappa shape index (κ3) is 4.33. The van der Waals surface area contributed by atoms with E-state index >= 15 is 0 Å². The van der Waals surface area contributed by atoms with Crippen LogP contribution in [0.2, 0.25) is 0 Å². The lowest BCUT2D eigenvalue weighted by atomic mass is 9.95. The first-order chi connectivity index (χ1) is 16.5. The number of carbonyl (C=O) groups is 1. The van der Waals surface area contributed by atoms with Gasteiger partial charge in [-0.1, -0.05) is 24.6 Å². The number of ether oxygens (including phenoxy) is 3. The average molecular weight is 466 g/mol. The fourth-order valence-corrected chi connectivity index (χ4v) is 4.30. The number of H-pyrrole nitrogens is 1. The number of methoxy groups -OCH3 is 1. The second-order valence-electron chi connectivity index (χ2n) is 8.26. The highest BCUT2D eigenvalue weighted by Crippen LogP contribution is 2.46. The number of nitrogens with zero attached hydrogens (tertiary/aromatic N) is 2. The molecule has 8 nitrogen and oxygen atoms in total. The zero-order chi connectivity index (χ0) is 24.2. The number of phenolic OH excluding ortho intramolecular Hbond substituents is 1. The van der Waals surface area contributed by atoms with E-state index in [1.165, 1.54) is 0 Å². The average Bonchev–Trinajstić information content (AvgIpc) is 3.37. The van der Waals surface area contributed by atoms with Crippen LogP contribution in [0.15, 0.2) is 36.4 Å². The number of amides is 1. The summed E-state index contributed by atoms with van der Waals surface area (Å²) in [6, 6.07) is 10.7. The van der Waals surface area contributed by atoms with E-state index in [0.29, 0.717) is 54.8 Å². The number of fused-ring (bicyclic) bond motifs is 1. The lowest BCUT2D eigenvalue weighted by Crippen LogP contribution is -2.32. The Morgan fingerprint density at radius 1 is 1.09 bits per heavy atom. The molecule has 1 atom stereocenters. The van der Waals surface area contributed by atoms with Gasteiger partial charge in [0, 0.05) is 24.8 Å². The number of rotatable bonds is 10. The van der Waals surface area contributed by atoms with Crippen molar-refractivity contribution in [3.63, 3.8) is 0 Å². The van der Waals surface area contributed by atoms with Crippen LogP contribution in [0.25, 0.3) is 11.3 Å².